The lowest BCUT2D eigenvalue weighted by Gasteiger charge is -2.03. The number of hydrogen-bond donors (Lipinski definition) is 1. The Hall–Kier alpha value is -1.84. The normalized spacial score (nSPS) is 9.40. The monoisotopic (exact) mass is 206 g/mol. The highest BCUT2D eigenvalue weighted by molar-refractivity contribution is 5.86. The molecule has 0 aliphatic carbocycles. The van der Waals surface area contributed by atoms with Gasteiger partial charge in [0.25, 0.3) is 0 Å². The lowest BCUT2D eigenvalue weighted by Crippen LogP contribution is -2.23. The van der Waals surface area contributed by atoms with Gasteiger partial charge in [-0.05, 0) is 18.1 Å². The van der Waals surface area contributed by atoms with E-state index in [1.165, 1.54) is 6.08 Å². The number of nitrogens with zero attached hydrogens (tertiary/aromatic N) is 1. The number of amides is 1. The quantitative estimate of drug-likeness (QED) is 0.729. The van der Waals surface area contributed by atoms with E-state index in [1.54, 1.807) is 19.4 Å². The molecule has 1 aromatic heterocycles. The average molecular weight is 206 g/mol. The molecule has 1 heterocycles. The first kappa shape index (κ1) is 11.2. The van der Waals surface area contributed by atoms with Crippen LogP contribution in [0.15, 0.2) is 31.0 Å². The summed E-state index contributed by atoms with van der Waals surface area (Å²) in [7, 11) is 1.58. The molecule has 0 bridgehead atoms. The summed E-state index contributed by atoms with van der Waals surface area (Å²) in [6.45, 7) is 3.95. The van der Waals surface area contributed by atoms with Gasteiger partial charge in [0.05, 0.1) is 7.11 Å². The topological polar surface area (TPSA) is 51.2 Å². The van der Waals surface area contributed by atoms with Crippen LogP contribution >= 0.6 is 0 Å². The summed E-state index contributed by atoms with van der Waals surface area (Å²) >= 11 is 0. The zero-order valence-corrected chi connectivity index (χ0v) is 8.69. The molecule has 15 heavy (non-hydrogen) atoms. The average Bonchev–Trinajstić information content (AvgIpc) is 2.29. The molecule has 0 spiro atoms. The lowest BCUT2D eigenvalue weighted by molar-refractivity contribution is -0.116. The number of methoxy groups -OCH3 is 1. The maximum atomic E-state index is 10.8. The standard InChI is InChI=1S/C11H14N2O2/c1-3-10(14)12-7-6-9-4-5-11(15-2)13-8-9/h3-5,8H,1,6-7H2,2H3,(H,12,14). The molecule has 1 rings (SSSR count). The summed E-state index contributed by atoms with van der Waals surface area (Å²) in [5.74, 6) is 0.436. The molecule has 0 radical (unpaired) electrons. The van der Waals surface area contributed by atoms with E-state index < -0.39 is 0 Å². The second kappa shape index (κ2) is 5.80. The minimum Gasteiger partial charge on any atom is -0.481 e. The highest BCUT2D eigenvalue weighted by Gasteiger charge is 1.97. The summed E-state index contributed by atoms with van der Waals surface area (Å²) in [4.78, 5) is 14.9. The van der Waals surface area contributed by atoms with Gasteiger partial charge in [0.2, 0.25) is 11.8 Å². The first-order valence-corrected chi connectivity index (χ1v) is 4.65. The van der Waals surface area contributed by atoms with E-state index in [-0.39, 0.29) is 5.91 Å². The smallest absolute Gasteiger partial charge is 0.243 e. The zero-order chi connectivity index (χ0) is 11.1. The molecule has 0 aliphatic rings. The van der Waals surface area contributed by atoms with Crippen molar-refractivity contribution < 1.29 is 9.53 Å². The number of hydrogen-bond acceptors (Lipinski definition) is 3. The number of aromatic nitrogens is 1. The first-order valence-electron chi connectivity index (χ1n) is 4.65. The fourth-order valence-corrected chi connectivity index (χ4v) is 1.08. The van der Waals surface area contributed by atoms with Crippen LogP contribution in [0.3, 0.4) is 0 Å². The Kier molecular flexibility index (Phi) is 4.34. The van der Waals surface area contributed by atoms with Gasteiger partial charge < -0.3 is 10.1 Å². The Morgan fingerprint density at radius 3 is 3.00 bits per heavy atom. The molecule has 0 aromatic carbocycles. The van der Waals surface area contributed by atoms with Crippen molar-refractivity contribution >= 4 is 5.91 Å². The summed E-state index contributed by atoms with van der Waals surface area (Å²) in [5, 5.41) is 2.69. The highest BCUT2D eigenvalue weighted by atomic mass is 16.5. The Labute approximate surface area is 89.0 Å². The Morgan fingerprint density at radius 1 is 1.67 bits per heavy atom. The number of carbonyl (C=O) groups excluding carboxylic acids is 1. The molecule has 0 atom stereocenters. The fraction of sp³-hybridized carbons (Fsp3) is 0.273. The van der Waals surface area contributed by atoms with Crippen LogP contribution in [0.4, 0.5) is 0 Å². The van der Waals surface area contributed by atoms with Crippen LogP contribution in [0.1, 0.15) is 5.56 Å². The van der Waals surface area contributed by atoms with Crippen LogP contribution < -0.4 is 10.1 Å². The summed E-state index contributed by atoms with van der Waals surface area (Å²) in [6, 6.07) is 3.72. The van der Waals surface area contributed by atoms with Crippen molar-refractivity contribution in [1.29, 1.82) is 0 Å². The predicted molar refractivity (Wildman–Crippen MR) is 57.7 cm³/mol. The molecule has 1 N–H and O–H groups in total. The van der Waals surface area contributed by atoms with Gasteiger partial charge in [-0.2, -0.15) is 0 Å². The maximum absolute atomic E-state index is 10.8. The van der Waals surface area contributed by atoms with E-state index in [9.17, 15) is 4.79 Å². The van der Waals surface area contributed by atoms with Crippen molar-refractivity contribution in [3.05, 3.63) is 36.5 Å². The van der Waals surface area contributed by atoms with Crippen LogP contribution in [0, 0.1) is 0 Å². The molecule has 1 amide bonds. The van der Waals surface area contributed by atoms with Gasteiger partial charge in [-0.3, -0.25) is 4.79 Å². The fourth-order valence-electron chi connectivity index (χ4n) is 1.08. The number of nitrogens with one attached hydrogen (secondary N) is 1. The van der Waals surface area contributed by atoms with Crippen molar-refractivity contribution in [3.63, 3.8) is 0 Å². The molecule has 4 nitrogen and oxygen atoms in total. The van der Waals surface area contributed by atoms with Gasteiger partial charge in [-0.15, -0.1) is 0 Å². The van der Waals surface area contributed by atoms with Gasteiger partial charge in [0, 0.05) is 18.8 Å². The molecule has 0 fully saturated rings. The SMILES string of the molecule is C=CC(=O)NCCc1ccc(OC)nc1. The molecule has 4 heteroatoms. The number of pyridine rings is 1. The summed E-state index contributed by atoms with van der Waals surface area (Å²) in [6.07, 6.45) is 3.74. The number of rotatable bonds is 5. The van der Waals surface area contributed by atoms with E-state index in [2.05, 4.69) is 16.9 Å². The van der Waals surface area contributed by atoms with Crippen LogP contribution in [0.2, 0.25) is 0 Å². The Balaban J connectivity index is 2.37. The maximum Gasteiger partial charge on any atom is 0.243 e. The van der Waals surface area contributed by atoms with E-state index in [0.717, 1.165) is 12.0 Å². The number of carbonyl (C=O) groups is 1. The third-order valence-corrected chi connectivity index (χ3v) is 1.91. The lowest BCUT2D eigenvalue weighted by atomic mass is 10.2. The third-order valence-electron chi connectivity index (χ3n) is 1.91. The Morgan fingerprint density at radius 2 is 2.47 bits per heavy atom. The predicted octanol–water partition coefficient (Wildman–Crippen LogP) is 0.935. The van der Waals surface area contributed by atoms with Gasteiger partial charge in [0.1, 0.15) is 0 Å². The van der Waals surface area contributed by atoms with E-state index >= 15 is 0 Å². The summed E-state index contributed by atoms with van der Waals surface area (Å²) < 4.78 is 4.94. The van der Waals surface area contributed by atoms with Gasteiger partial charge in [-0.25, -0.2) is 4.98 Å². The molecule has 0 saturated carbocycles. The van der Waals surface area contributed by atoms with Crippen molar-refractivity contribution in [2.75, 3.05) is 13.7 Å². The van der Waals surface area contributed by atoms with Crippen LogP contribution in [-0.2, 0) is 11.2 Å². The third kappa shape index (κ3) is 3.81. The van der Waals surface area contributed by atoms with Crippen molar-refractivity contribution in [2.45, 2.75) is 6.42 Å². The van der Waals surface area contributed by atoms with Gasteiger partial charge in [0.15, 0.2) is 0 Å². The van der Waals surface area contributed by atoms with Crippen molar-refractivity contribution in [2.24, 2.45) is 0 Å². The second-order valence-electron chi connectivity index (χ2n) is 2.95. The molecular weight excluding hydrogens is 192 g/mol. The molecule has 0 saturated heterocycles. The van der Waals surface area contributed by atoms with Gasteiger partial charge in [-0.1, -0.05) is 12.6 Å². The minimum atomic E-state index is -0.156. The van der Waals surface area contributed by atoms with Crippen LogP contribution in [-0.4, -0.2) is 24.5 Å². The van der Waals surface area contributed by atoms with Gasteiger partial charge >= 0.3 is 0 Å². The van der Waals surface area contributed by atoms with E-state index in [0.29, 0.717) is 12.4 Å². The molecule has 80 valence electrons. The number of ether oxygens (including phenoxy) is 1. The van der Waals surface area contributed by atoms with E-state index in [4.69, 9.17) is 4.74 Å². The first-order chi connectivity index (χ1) is 7.26. The van der Waals surface area contributed by atoms with Crippen LogP contribution in [0.5, 0.6) is 5.88 Å². The van der Waals surface area contributed by atoms with Crippen molar-refractivity contribution in [1.82, 2.24) is 10.3 Å². The van der Waals surface area contributed by atoms with Crippen LogP contribution in [0.25, 0.3) is 0 Å². The summed E-state index contributed by atoms with van der Waals surface area (Å²) in [5.41, 5.74) is 1.06. The second-order valence-corrected chi connectivity index (χ2v) is 2.95. The molecule has 0 unspecified atom stereocenters. The zero-order valence-electron chi connectivity index (χ0n) is 8.69. The van der Waals surface area contributed by atoms with E-state index in [1.807, 2.05) is 6.07 Å². The largest absolute Gasteiger partial charge is 0.481 e. The minimum absolute atomic E-state index is 0.156. The molecular formula is C11H14N2O2. The highest BCUT2D eigenvalue weighted by Crippen LogP contribution is 2.06. The molecule has 1 aromatic rings. The van der Waals surface area contributed by atoms with Crippen molar-refractivity contribution in [3.8, 4) is 5.88 Å². The Bertz CT molecular complexity index is 333. The molecule has 0 aliphatic heterocycles.